The lowest BCUT2D eigenvalue weighted by atomic mass is 9.92. The standard InChI is InChI=1S/C21H28N4O3S/c1-14(2)17-5-6-18(29-17)21(27)25-7-3-4-15(13-25)19-16(12-22-23-19)20(26)24-8-10-28-11-9-24/h5-6,12,14-15H,3-4,7-11,13H2,1-2H3,(H,22,23)/t15-/m0/s1. The highest BCUT2D eigenvalue weighted by Gasteiger charge is 2.31. The molecule has 0 radical (unpaired) electrons. The summed E-state index contributed by atoms with van der Waals surface area (Å²) in [7, 11) is 0. The SMILES string of the molecule is CC(C)c1ccc(C(=O)N2CCC[C@H](c3[nH]ncc3C(=O)N3CCOCC3)C2)s1. The van der Waals surface area contributed by atoms with Crippen molar-refractivity contribution in [2.45, 2.75) is 38.5 Å². The summed E-state index contributed by atoms with van der Waals surface area (Å²) in [4.78, 5) is 31.8. The number of nitrogens with zero attached hydrogens (tertiary/aromatic N) is 3. The highest BCUT2D eigenvalue weighted by molar-refractivity contribution is 7.14. The summed E-state index contributed by atoms with van der Waals surface area (Å²) < 4.78 is 5.35. The first-order valence-corrected chi connectivity index (χ1v) is 11.2. The van der Waals surface area contributed by atoms with Crippen LogP contribution in [0.25, 0.3) is 0 Å². The lowest BCUT2D eigenvalue weighted by Gasteiger charge is -2.33. The van der Waals surface area contributed by atoms with Crippen molar-refractivity contribution in [3.05, 3.63) is 39.3 Å². The molecular formula is C21H28N4O3S. The molecule has 2 saturated heterocycles. The summed E-state index contributed by atoms with van der Waals surface area (Å²) in [5.74, 6) is 0.613. The van der Waals surface area contributed by atoms with Crippen LogP contribution in [0, 0.1) is 0 Å². The van der Waals surface area contributed by atoms with Crippen molar-refractivity contribution in [2.24, 2.45) is 0 Å². The van der Waals surface area contributed by atoms with Crippen LogP contribution in [0.5, 0.6) is 0 Å². The molecule has 2 aromatic rings. The van der Waals surface area contributed by atoms with Crippen molar-refractivity contribution in [1.82, 2.24) is 20.0 Å². The molecule has 1 atom stereocenters. The highest BCUT2D eigenvalue weighted by atomic mass is 32.1. The number of H-pyrrole nitrogens is 1. The Labute approximate surface area is 175 Å². The van der Waals surface area contributed by atoms with Gasteiger partial charge < -0.3 is 14.5 Å². The fourth-order valence-corrected chi connectivity index (χ4v) is 5.02. The third-order valence-electron chi connectivity index (χ3n) is 5.72. The van der Waals surface area contributed by atoms with E-state index in [9.17, 15) is 9.59 Å². The minimum atomic E-state index is 0.000307. The highest BCUT2D eigenvalue weighted by Crippen LogP contribution is 2.31. The largest absolute Gasteiger partial charge is 0.378 e. The Morgan fingerprint density at radius 2 is 1.97 bits per heavy atom. The molecule has 2 fully saturated rings. The van der Waals surface area contributed by atoms with E-state index >= 15 is 0 Å². The molecule has 0 bridgehead atoms. The molecule has 7 nitrogen and oxygen atoms in total. The Hall–Kier alpha value is -2.19. The monoisotopic (exact) mass is 416 g/mol. The second kappa shape index (κ2) is 8.67. The summed E-state index contributed by atoms with van der Waals surface area (Å²) in [5, 5.41) is 7.21. The molecule has 1 N–H and O–H groups in total. The first-order chi connectivity index (χ1) is 14.0. The molecule has 2 aliphatic rings. The van der Waals surface area contributed by atoms with Crippen molar-refractivity contribution in [2.75, 3.05) is 39.4 Å². The average molecular weight is 417 g/mol. The van der Waals surface area contributed by atoms with Crippen LogP contribution >= 0.6 is 11.3 Å². The molecule has 4 heterocycles. The number of rotatable bonds is 4. The predicted octanol–water partition coefficient (Wildman–Crippen LogP) is 3.09. The van der Waals surface area contributed by atoms with Gasteiger partial charge in [-0.05, 0) is 30.9 Å². The van der Waals surface area contributed by atoms with Crippen LogP contribution in [0.2, 0.25) is 0 Å². The molecule has 4 rings (SSSR count). The van der Waals surface area contributed by atoms with E-state index in [1.807, 2.05) is 15.9 Å². The van der Waals surface area contributed by atoms with Crippen molar-refractivity contribution < 1.29 is 14.3 Å². The van der Waals surface area contributed by atoms with Crippen molar-refractivity contribution in [3.63, 3.8) is 0 Å². The van der Waals surface area contributed by atoms with Gasteiger partial charge in [0.1, 0.15) is 0 Å². The average Bonchev–Trinajstić information content (AvgIpc) is 3.43. The zero-order valence-corrected chi connectivity index (χ0v) is 17.8. The number of carbonyl (C=O) groups excluding carboxylic acids is 2. The predicted molar refractivity (Wildman–Crippen MR) is 112 cm³/mol. The van der Waals surface area contributed by atoms with Crippen LogP contribution in [0.15, 0.2) is 18.3 Å². The maximum atomic E-state index is 13.0. The van der Waals surface area contributed by atoms with Crippen LogP contribution in [-0.4, -0.2) is 71.2 Å². The Morgan fingerprint density at radius 1 is 1.17 bits per heavy atom. The maximum Gasteiger partial charge on any atom is 0.263 e. The summed E-state index contributed by atoms with van der Waals surface area (Å²) in [6, 6.07) is 3.99. The van der Waals surface area contributed by atoms with Crippen LogP contribution in [0.1, 0.15) is 69.1 Å². The third kappa shape index (κ3) is 4.23. The fraction of sp³-hybridized carbons (Fsp3) is 0.571. The van der Waals surface area contributed by atoms with E-state index in [0.717, 1.165) is 30.0 Å². The number of aromatic nitrogens is 2. The van der Waals surface area contributed by atoms with E-state index < -0.39 is 0 Å². The number of hydrogen-bond acceptors (Lipinski definition) is 5. The van der Waals surface area contributed by atoms with E-state index in [4.69, 9.17) is 4.74 Å². The molecule has 0 aromatic carbocycles. The number of nitrogens with one attached hydrogen (secondary N) is 1. The van der Waals surface area contributed by atoms with Gasteiger partial charge in [-0.25, -0.2) is 0 Å². The number of aromatic amines is 1. The lowest BCUT2D eigenvalue weighted by Crippen LogP contribution is -2.42. The van der Waals surface area contributed by atoms with Crippen molar-refractivity contribution in [1.29, 1.82) is 0 Å². The molecule has 2 aliphatic heterocycles. The van der Waals surface area contributed by atoms with Gasteiger partial charge >= 0.3 is 0 Å². The number of thiophene rings is 1. The minimum absolute atomic E-state index is 0.000307. The molecule has 0 aliphatic carbocycles. The number of likely N-dealkylation sites (tertiary alicyclic amines) is 1. The fourth-order valence-electron chi connectivity index (χ4n) is 4.05. The van der Waals surface area contributed by atoms with Gasteiger partial charge in [0.05, 0.1) is 35.5 Å². The van der Waals surface area contributed by atoms with Gasteiger partial charge in [-0.3, -0.25) is 14.7 Å². The second-order valence-corrected chi connectivity index (χ2v) is 9.16. The molecule has 29 heavy (non-hydrogen) atoms. The topological polar surface area (TPSA) is 78.5 Å². The number of carbonyl (C=O) groups is 2. The first-order valence-electron chi connectivity index (χ1n) is 10.3. The van der Waals surface area contributed by atoms with E-state index in [1.54, 1.807) is 17.5 Å². The molecule has 0 saturated carbocycles. The smallest absolute Gasteiger partial charge is 0.263 e. The van der Waals surface area contributed by atoms with E-state index in [2.05, 4.69) is 30.1 Å². The van der Waals surface area contributed by atoms with Crippen molar-refractivity contribution >= 4 is 23.2 Å². The molecule has 2 amide bonds. The Kier molecular flexibility index (Phi) is 6.01. The van der Waals surface area contributed by atoms with Crippen molar-refractivity contribution in [3.8, 4) is 0 Å². The Morgan fingerprint density at radius 3 is 2.69 bits per heavy atom. The minimum Gasteiger partial charge on any atom is -0.378 e. The van der Waals surface area contributed by atoms with Gasteiger partial charge in [-0.15, -0.1) is 11.3 Å². The summed E-state index contributed by atoms with van der Waals surface area (Å²) in [6.45, 7) is 8.01. The Bertz CT molecular complexity index is 869. The second-order valence-electron chi connectivity index (χ2n) is 8.05. The number of piperidine rings is 1. The number of amides is 2. The molecule has 0 spiro atoms. The molecule has 0 unspecified atom stereocenters. The number of hydrogen-bond donors (Lipinski definition) is 1. The number of ether oxygens (including phenoxy) is 1. The normalized spacial score (nSPS) is 20.3. The van der Waals surface area contributed by atoms with Gasteiger partial charge in [0, 0.05) is 37.0 Å². The molecule has 8 heteroatoms. The zero-order chi connectivity index (χ0) is 20.4. The summed E-state index contributed by atoms with van der Waals surface area (Å²) in [6.07, 6.45) is 3.49. The third-order valence-corrected chi connectivity index (χ3v) is 7.09. The van der Waals surface area contributed by atoms with Gasteiger partial charge in [0.2, 0.25) is 0 Å². The van der Waals surface area contributed by atoms with Crippen LogP contribution in [0.3, 0.4) is 0 Å². The molecule has 2 aromatic heterocycles. The van der Waals surface area contributed by atoms with Crippen LogP contribution in [-0.2, 0) is 4.74 Å². The van der Waals surface area contributed by atoms with Gasteiger partial charge in [0.15, 0.2) is 0 Å². The quantitative estimate of drug-likeness (QED) is 0.831. The van der Waals surface area contributed by atoms with Gasteiger partial charge in [-0.1, -0.05) is 13.8 Å². The van der Waals surface area contributed by atoms with Crippen LogP contribution in [0.4, 0.5) is 0 Å². The van der Waals surface area contributed by atoms with Gasteiger partial charge in [-0.2, -0.15) is 5.10 Å². The van der Waals surface area contributed by atoms with Gasteiger partial charge in [0.25, 0.3) is 11.8 Å². The summed E-state index contributed by atoms with van der Waals surface area (Å²) >= 11 is 1.58. The summed E-state index contributed by atoms with van der Waals surface area (Å²) in [5.41, 5.74) is 1.48. The van der Waals surface area contributed by atoms with E-state index in [-0.39, 0.29) is 17.7 Å². The molecular weight excluding hydrogens is 388 g/mol. The molecule has 156 valence electrons. The van der Waals surface area contributed by atoms with E-state index in [1.165, 1.54) is 4.88 Å². The number of morpholine rings is 1. The lowest BCUT2D eigenvalue weighted by molar-refractivity contribution is 0.0301. The Balaban J connectivity index is 1.48. The first kappa shape index (κ1) is 20.1. The zero-order valence-electron chi connectivity index (χ0n) is 17.0. The van der Waals surface area contributed by atoms with Crippen LogP contribution < -0.4 is 0 Å². The van der Waals surface area contributed by atoms with E-state index in [0.29, 0.717) is 44.3 Å². The maximum absolute atomic E-state index is 13.0.